The third-order valence-corrected chi connectivity index (χ3v) is 3.87. The van der Waals surface area contributed by atoms with Crippen molar-refractivity contribution in [1.29, 1.82) is 0 Å². The summed E-state index contributed by atoms with van der Waals surface area (Å²) in [5.41, 5.74) is -2.09. The molecule has 2 amide bonds. The number of halogens is 6. The first-order valence-corrected chi connectivity index (χ1v) is 8.03. The zero-order valence-electron chi connectivity index (χ0n) is 15.5. The zero-order valence-corrected chi connectivity index (χ0v) is 15.5. The number of benzene rings is 1. The number of aliphatic hydroxyl groups is 1. The number of amides is 2. The normalized spacial score (nSPS) is 15.3. The number of rotatable bonds is 4. The molecule has 1 unspecified atom stereocenters. The van der Waals surface area contributed by atoms with E-state index in [-0.39, 0.29) is 23.4 Å². The molecule has 0 heterocycles. The van der Waals surface area contributed by atoms with Gasteiger partial charge in [0.15, 0.2) is 0 Å². The quantitative estimate of drug-likeness (QED) is 0.639. The monoisotopic (exact) mass is 400 g/mol. The van der Waals surface area contributed by atoms with Gasteiger partial charge in [0, 0.05) is 17.8 Å². The molecule has 0 aliphatic carbocycles. The average molecular weight is 400 g/mol. The van der Waals surface area contributed by atoms with Gasteiger partial charge in [0.1, 0.15) is 0 Å². The molecule has 1 aromatic carbocycles. The SMILES string of the molecule is CCNC(=O)Nc1c(C)cc(C(F)(F)C(O)(F)C(F)(F)F)cc1C(C)(C)C. The zero-order chi connectivity index (χ0) is 21.4. The van der Waals surface area contributed by atoms with Crippen molar-refractivity contribution < 1.29 is 36.2 Å². The van der Waals surface area contributed by atoms with Gasteiger partial charge in [-0.05, 0) is 42.5 Å². The lowest BCUT2D eigenvalue weighted by Gasteiger charge is -2.32. The van der Waals surface area contributed by atoms with Crippen LogP contribution in [0.15, 0.2) is 12.1 Å². The summed E-state index contributed by atoms with van der Waals surface area (Å²) >= 11 is 0. The maximum absolute atomic E-state index is 14.2. The second kappa shape index (κ2) is 7.21. The summed E-state index contributed by atoms with van der Waals surface area (Å²) < 4.78 is 80.0. The highest BCUT2D eigenvalue weighted by Gasteiger charge is 2.71. The molecule has 1 rings (SSSR count). The van der Waals surface area contributed by atoms with E-state index < -0.39 is 35.0 Å². The van der Waals surface area contributed by atoms with Crippen molar-refractivity contribution >= 4 is 11.7 Å². The lowest BCUT2D eigenvalue weighted by molar-refractivity contribution is -0.390. The van der Waals surface area contributed by atoms with Crippen LogP contribution in [-0.2, 0) is 11.3 Å². The fourth-order valence-corrected chi connectivity index (χ4v) is 2.41. The van der Waals surface area contributed by atoms with E-state index in [9.17, 15) is 31.1 Å². The van der Waals surface area contributed by atoms with Crippen LogP contribution >= 0.6 is 0 Å². The van der Waals surface area contributed by atoms with Gasteiger partial charge in [0.2, 0.25) is 0 Å². The summed E-state index contributed by atoms with van der Waals surface area (Å²) in [5, 5.41) is 13.8. The van der Waals surface area contributed by atoms with Crippen LogP contribution in [0.4, 0.5) is 36.8 Å². The fraction of sp³-hybridized carbons (Fsp3) is 0.588. The predicted octanol–water partition coefficient (Wildman–Crippen LogP) is 4.75. The summed E-state index contributed by atoms with van der Waals surface area (Å²) in [6, 6.07) is 0.626. The number of hydrogen-bond donors (Lipinski definition) is 3. The molecule has 0 fully saturated rings. The van der Waals surface area contributed by atoms with Crippen LogP contribution < -0.4 is 10.6 Å². The van der Waals surface area contributed by atoms with Gasteiger partial charge in [0.25, 0.3) is 0 Å². The summed E-state index contributed by atoms with van der Waals surface area (Å²) in [6.07, 6.45) is -6.20. The van der Waals surface area contributed by atoms with Crippen LogP contribution in [-0.4, -0.2) is 29.7 Å². The van der Waals surface area contributed by atoms with Crippen LogP contribution in [0.5, 0.6) is 0 Å². The molecule has 3 N–H and O–H groups in total. The first-order chi connectivity index (χ1) is 12.0. The molecule has 4 nitrogen and oxygen atoms in total. The summed E-state index contributed by atoms with van der Waals surface area (Å²) in [4.78, 5) is 11.8. The molecule has 1 aromatic rings. The van der Waals surface area contributed by atoms with Gasteiger partial charge < -0.3 is 15.7 Å². The number of hydrogen-bond acceptors (Lipinski definition) is 2. The van der Waals surface area contributed by atoms with Gasteiger partial charge in [0.05, 0.1) is 0 Å². The van der Waals surface area contributed by atoms with Crippen molar-refractivity contribution in [1.82, 2.24) is 5.32 Å². The van der Waals surface area contributed by atoms with Gasteiger partial charge >= 0.3 is 24.0 Å². The molecule has 1 atom stereocenters. The molecule has 0 radical (unpaired) electrons. The summed E-state index contributed by atoms with van der Waals surface area (Å²) in [5.74, 6) is -11.0. The molecule has 0 spiro atoms. The van der Waals surface area contributed by atoms with Crippen LogP contribution in [0.25, 0.3) is 0 Å². The van der Waals surface area contributed by atoms with E-state index in [1.54, 1.807) is 27.7 Å². The highest BCUT2D eigenvalue weighted by Crippen LogP contribution is 2.50. The Bertz CT molecular complexity index is 709. The smallest absolute Gasteiger partial charge is 0.350 e. The van der Waals surface area contributed by atoms with Crippen molar-refractivity contribution in [3.8, 4) is 0 Å². The standard InChI is InChI=1S/C17H22F6N2O2/c1-6-24-13(26)25-12-9(2)7-10(8-11(12)14(3,4)5)15(18,19)16(20,27)17(21,22)23/h7-8,27H,6H2,1-5H3,(H2,24,25,26). The van der Waals surface area contributed by atoms with Gasteiger partial charge in [-0.1, -0.05) is 20.8 Å². The third kappa shape index (κ3) is 4.48. The first kappa shape index (κ1) is 23.1. The number of carbonyl (C=O) groups is 1. The van der Waals surface area contributed by atoms with E-state index >= 15 is 0 Å². The van der Waals surface area contributed by atoms with E-state index in [2.05, 4.69) is 10.6 Å². The van der Waals surface area contributed by atoms with Crippen molar-refractivity contribution in [2.75, 3.05) is 11.9 Å². The summed E-state index contributed by atoms with van der Waals surface area (Å²) in [7, 11) is 0. The van der Waals surface area contributed by atoms with Gasteiger partial charge in [-0.15, -0.1) is 0 Å². The average Bonchev–Trinajstić information content (AvgIpc) is 2.46. The third-order valence-electron chi connectivity index (χ3n) is 3.87. The van der Waals surface area contributed by atoms with E-state index in [1.165, 1.54) is 6.92 Å². The Hall–Kier alpha value is -1.97. The molecular weight excluding hydrogens is 378 g/mol. The predicted molar refractivity (Wildman–Crippen MR) is 88.6 cm³/mol. The number of urea groups is 1. The van der Waals surface area contributed by atoms with E-state index in [0.29, 0.717) is 12.1 Å². The first-order valence-electron chi connectivity index (χ1n) is 8.03. The number of nitrogens with one attached hydrogen (secondary N) is 2. The highest BCUT2D eigenvalue weighted by molar-refractivity contribution is 5.91. The topological polar surface area (TPSA) is 61.4 Å². The minimum absolute atomic E-state index is 0.0127. The number of alkyl halides is 6. The molecule has 0 saturated heterocycles. The molecule has 0 bridgehead atoms. The Labute approximate surface area is 152 Å². The minimum atomic E-state index is -6.20. The second-order valence-corrected chi connectivity index (χ2v) is 7.14. The lowest BCUT2D eigenvalue weighted by atomic mass is 9.82. The summed E-state index contributed by atoms with van der Waals surface area (Å²) in [6.45, 7) is 7.96. The molecule has 154 valence electrons. The largest absolute Gasteiger partial charge is 0.455 e. The number of anilines is 1. The van der Waals surface area contributed by atoms with Gasteiger partial charge in [-0.3, -0.25) is 0 Å². The van der Waals surface area contributed by atoms with Crippen molar-refractivity contribution in [3.05, 3.63) is 28.8 Å². The number of aryl methyl sites for hydroxylation is 1. The Morgan fingerprint density at radius 1 is 1.07 bits per heavy atom. The van der Waals surface area contributed by atoms with E-state index in [4.69, 9.17) is 5.11 Å². The molecule has 0 aromatic heterocycles. The maximum atomic E-state index is 14.2. The van der Waals surface area contributed by atoms with Crippen LogP contribution in [0, 0.1) is 6.92 Å². The van der Waals surface area contributed by atoms with Crippen LogP contribution in [0.2, 0.25) is 0 Å². The van der Waals surface area contributed by atoms with Crippen molar-refractivity contribution in [2.45, 2.75) is 58.0 Å². The van der Waals surface area contributed by atoms with Crippen molar-refractivity contribution in [3.63, 3.8) is 0 Å². The molecule has 0 saturated carbocycles. The molecule has 10 heteroatoms. The maximum Gasteiger partial charge on any atom is 0.455 e. The van der Waals surface area contributed by atoms with Crippen LogP contribution in [0.3, 0.4) is 0 Å². The van der Waals surface area contributed by atoms with Crippen molar-refractivity contribution in [2.24, 2.45) is 0 Å². The van der Waals surface area contributed by atoms with E-state index in [1.807, 2.05) is 0 Å². The second-order valence-electron chi connectivity index (χ2n) is 7.14. The molecule has 27 heavy (non-hydrogen) atoms. The Balaban J connectivity index is 3.62. The highest BCUT2D eigenvalue weighted by atomic mass is 19.4. The van der Waals surface area contributed by atoms with Gasteiger partial charge in [-0.2, -0.15) is 26.3 Å². The van der Waals surface area contributed by atoms with E-state index in [0.717, 1.165) is 0 Å². The number of carbonyl (C=O) groups excluding carboxylic acids is 1. The Kier molecular flexibility index (Phi) is 6.16. The van der Waals surface area contributed by atoms with Crippen LogP contribution in [0.1, 0.15) is 44.4 Å². The molecule has 0 aliphatic rings. The molecule has 0 aliphatic heterocycles. The van der Waals surface area contributed by atoms with Gasteiger partial charge in [-0.25, -0.2) is 4.79 Å². The molecular formula is C17H22F6N2O2. The minimum Gasteiger partial charge on any atom is -0.350 e. The Morgan fingerprint density at radius 3 is 2.00 bits per heavy atom. The lowest BCUT2D eigenvalue weighted by Crippen LogP contribution is -2.53. The Morgan fingerprint density at radius 2 is 1.59 bits per heavy atom. The fourth-order valence-electron chi connectivity index (χ4n) is 2.41.